The lowest BCUT2D eigenvalue weighted by atomic mass is 9.83. The van der Waals surface area contributed by atoms with Crippen molar-refractivity contribution in [3.05, 3.63) is 0 Å². The zero-order valence-corrected chi connectivity index (χ0v) is 11.5. The van der Waals surface area contributed by atoms with E-state index in [1.807, 2.05) is 20.8 Å². The summed E-state index contributed by atoms with van der Waals surface area (Å²) in [5.41, 5.74) is -0.493. The van der Waals surface area contributed by atoms with Crippen LogP contribution in [0.15, 0.2) is 0 Å². The maximum absolute atomic E-state index is 11.7. The van der Waals surface area contributed by atoms with Gasteiger partial charge in [-0.15, -0.1) is 0 Å². The molecule has 1 fully saturated rings. The number of hydrogen-bond acceptors (Lipinski definition) is 4. The lowest BCUT2D eigenvalue weighted by Crippen LogP contribution is -2.46. The van der Waals surface area contributed by atoms with E-state index in [1.54, 1.807) is 0 Å². The molecule has 1 heterocycles. The molecule has 0 aromatic rings. The molecule has 1 N–H and O–H groups in total. The highest BCUT2D eigenvalue weighted by atomic mass is 16.6. The topological polar surface area (TPSA) is 49.8 Å². The van der Waals surface area contributed by atoms with Gasteiger partial charge < -0.3 is 9.84 Å². The molecule has 0 bridgehead atoms. The van der Waals surface area contributed by atoms with E-state index in [1.165, 1.54) is 0 Å². The molecule has 1 saturated heterocycles. The Hall–Kier alpha value is -0.610. The zero-order valence-electron chi connectivity index (χ0n) is 11.5. The SMILES string of the molecule is CC1(CO)CCCN(CC(=O)OC(C)(C)C)C1. The Balaban J connectivity index is 2.44. The van der Waals surface area contributed by atoms with Crippen LogP contribution in [0.3, 0.4) is 0 Å². The number of carbonyl (C=O) groups excluding carboxylic acids is 1. The van der Waals surface area contributed by atoms with E-state index in [0.29, 0.717) is 6.54 Å². The Bertz CT molecular complexity index is 272. The van der Waals surface area contributed by atoms with Crippen molar-refractivity contribution in [2.24, 2.45) is 5.41 Å². The van der Waals surface area contributed by atoms with Crippen LogP contribution < -0.4 is 0 Å². The second-order valence-electron chi connectivity index (χ2n) is 6.37. The molecule has 0 radical (unpaired) electrons. The maximum Gasteiger partial charge on any atom is 0.320 e. The standard InChI is InChI=1S/C13H25NO3/c1-12(2,3)17-11(16)8-14-7-5-6-13(4,9-14)10-15/h15H,5-10H2,1-4H3. The van der Waals surface area contributed by atoms with Gasteiger partial charge in [0.25, 0.3) is 0 Å². The van der Waals surface area contributed by atoms with Crippen LogP contribution in [0.4, 0.5) is 0 Å². The summed E-state index contributed by atoms with van der Waals surface area (Å²) in [6.07, 6.45) is 2.05. The zero-order chi connectivity index (χ0) is 13.1. The Morgan fingerprint density at radius 3 is 2.65 bits per heavy atom. The summed E-state index contributed by atoms with van der Waals surface area (Å²) in [6.45, 7) is 9.87. The highest BCUT2D eigenvalue weighted by Gasteiger charge is 2.31. The van der Waals surface area contributed by atoms with Gasteiger partial charge in [0, 0.05) is 18.6 Å². The first-order valence-corrected chi connectivity index (χ1v) is 6.29. The molecule has 1 aliphatic rings. The minimum atomic E-state index is -0.423. The number of hydrogen-bond donors (Lipinski definition) is 1. The lowest BCUT2D eigenvalue weighted by Gasteiger charge is -2.39. The second kappa shape index (κ2) is 5.36. The number of rotatable bonds is 3. The fraction of sp³-hybridized carbons (Fsp3) is 0.923. The average Bonchev–Trinajstić information content (AvgIpc) is 2.14. The van der Waals surface area contributed by atoms with Crippen LogP contribution in [-0.4, -0.2) is 47.8 Å². The smallest absolute Gasteiger partial charge is 0.320 e. The minimum Gasteiger partial charge on any atom is -0.459 e. The van der Waals surface area contributed by atoms with Crippen molar-refractivity contribution in [1.29, 1.82) is 0 Å². The van der Waals surface area contributed by atoms with Crippen LogP contribution in [0, 0.1) is 5.41 Å². The number of carbonyl (C=O) groups is 1. The van der Waals surface area contributed by atoms with Crippen molar-refractivity contribution in [1.82, 2.24) is 4.90 Å². The molecular formula is C13H25NO3. The quantitative estimate of drug-likeness (QED) is 0.762. The molecule has 0 aliphatic carbocycles. The third kappa shape index (κ3) is 5.04. The molecule has 1 rings (SSSR count). The predicted octanol–water partition coefficient (Wildman–Crippen LogP) is 1.42. The molecule has 1 aliphatic heterocycles. The van der Waals surface area contributed by atoms with Crippen molar-refractivity contribution in [3.8, 4) is 0 Å². The van der Waals surface area contributed by atoms with E-state index in [4.69, 9.17) is 4.74 Å². The van der Waals surface area contributed by atoms with Crippen molar-refractivity contribution >= 4 is 5.97 Å². The van der Waals surface area contributed by atoms with Crippen molar-refractivity contribution in [3.63, 3.8) is 0 Å². The minimum absolute atomic E-state index is 0.0692. The van der Waals surface area contributed by atoms with Crippen molar-refractivity contribution in [2.75, 3.05) is 26.2 Å². The van der Waals surface area contributed by atoms with E-state index in [-0.39, 0.29) is 18.0 Å². The number of ether oxygens (including phenoxy) is 1. The van der Waals surface area contributed by atoms with E-state index in [2.05, 4.69) is 11.8 Å². The normalized spacial score (nSPS) is 26.9. The van der Waals surface area contributed by atoms with Gasteiger partial charge in [-0.3, -0.25) is 9.69 Å². The van der Waals surface area contributed by atoms with Crippen LogP contribution in [0.25, 0.3) is 0 Å². The van der Waals surface area contributed by atoms with Gasteiger partial charge in [-0.1, -0.05) is 6.92 Å². The third-order valence-electron chi connectivity index (χ3n) is 3.01. The fourth-order valence-corrected chi connectivity index (χ4v) is 2.25. The summed E-state index contributed by atoms with van der Waals surface area (Å²) in [6, 6.07) is 0. The number of likely N-dealkylation sites (tertiary alicyclic amines) is 1. The molecular weight excluding hydrogens is 218 g/mol. The van der Waals surface area contributed by atoms with Gasteiger partial charge in [0.2, 0.25) is 0 Å². The van der Waals surface area contributed by atoms with Gasteiger partial charge in [-0.05, 0) is 40.2 Å². The van der Waals surface area contributed by atoms with Crippen LogP contribution >= 0.6 is 0 Å². The molecule has 17 heavy (non-hydrogen) atoms. The van der Waals surface area contributed by atoms with Crippen LogP contribution in [0.5, 0.6) is 0 Å². The van der Waals surface area contributed by atoms with Crippen LogP contribution in [0.2, 0.25) is 0 Å². The van der Waals surface area contributed by atoms with Gasteiger partial charge >= 0.3 is 5.97 Å². The Kier molecular flexibility index (Phi) is 4.55. The van der Waals surface area contributed by atoms with Crippen LogP contribution in [0.1, 0.15) is 40.5 Å². The summed E-state index contributed by atoms with van der Waals surface area (Å²) >= 11 is 0. The first-order chi connectivity index (χ1) is 7.74. The maximum atomic E-state index is 11.7. The largest absolute Gasteiger partial charge is 0.459 e. The van der Waals surface area contributed by atoms with Gasteiger partial charge in [0.15, 0.2) is 0 Å². The first kappa shape index (κ1) is 14.5. The number of esters is 1. The number of piperidine rings is 1. The number of nitrogens with zero attached hydrogens (tertiary/aromatic N) is 1. The predicted molar refractivity (Wildman–Crippen MR) is 66.7 cm³/mol. The van der Waals surface area contributed by atoms with Gasteiger partial charge in [-0.2, -0.15) is 0 Å². The molecule has 0 aromatic carbocycles. The molecule has 0 spiro atoms. The second-order valence-corrected chi connectivity index (χ2v) is 6.37. The molecule has 4 nitrogen and oxygen atoms in total. The molecule has 0 amide bonds. The van der Waals surface area contributed by atoms with Gasteiger partial charge in [0.1, 0.15) is 5.60 Å². The monoisotopic (exact) mass is 243 g/mol. The molecule has 1 atom stereocenters. The van der Waals surface area contributed by atoms with E-state index in [9.17, 15) is 9.90 Å². The molecule has 0 saturated carbocycles. The van der Waals surface area contributed by atoms with Gasteiger partial charge in [0.05, 0.1) is 6.54 Å². The van der Waals surface area contributed by atoms with E-state index >= 15 is 0 Å². The number of aliphatic hydroxyl groups is 1. The summed E-state index contributed by atoms with van der Waals surface area (Å²) < 4.78 is 5.30. The molecule has 1 unspecified atom stereocenters. The molecule has 100 valence electrons. The summed E-state index contributed by atoms with van der Waals surface area (Å²) in [7, 11) is 0. The Morgan fingerprint density at radius 2 is 2.12 bits per heavy atom. The molecule has 0 aromatic heterocycles. The summed E-state index contributed by atoms with van der Waals surface area (Å²) in [5.74, 6) is -0.181. The number of aliphatic hydroxyl groups excluding tert-OH is 1. The van der Waals surface area contributed by atoms with Crippen molar-refractivity contribution in [2.45, 2.75) is 46.1 Å². The lowest BCUT2D eigenvalue weighted by molar-refractivity contribution is -0.157. The highest BCUT2D eigenvalue weighted by molar-refractivity contribution is 5.72. The highest BCUT2D eigenvalue weighted by Crippen LogP contribution is 2.28. The first-order valence-electron chi connectivity index (χ1n) is 6.29. The molecule has 4 heteroatoms. The Labute approximate surface area is 104 Å². The summed E-state index contributed by atoms with van der Waals surface area (Å²) in [4.78, 5) is 13.8. The van der Waals surface area contributed by atoms with Gasteiger partial charge in [-0.25, -0.2) is 0 Å². The fourth-order valence-electron chi connectivity index (χ4n) is 2.25. The van der Waals surface area contributed by atoms with E-state index in [0.717, 1.165) is 25.9 Å². The van der Waals surface area contributed by atoms with Crippen LogP contribution in [-0.2, 0) is 9.53 Å². The van der Waals surface area contributed by atoms with Crippen molar-refractivity contribution < 1.29 is 14.6 Å². The third-order valence-corrected chi connectivity index (χ3v) is 3.01. The van der Waals surface area contributed by atoms with E-state index < -0.39 is 5.60 Å². The Morgan fingerprint density at radius 1 is 1.47 bits per heavy atom. The summed E-state index contributed by atoms with van der Waals surface area (Å²) in [5, 5.41) is 9.35. The average molecular weight is 243 g/mol.